The highest BCUT2D eigenvalue weighted by molar-refractivity contribution is 5.66. The highest BCUT2D eigenvalue weighted by Gasteiger charge is 2.16. The number of rotatable bonds is 2. The predicted octanol–water partition coefficient (Wildman–Crippen LogP) is 1.10. The van der Waals surface area contributed by atoms with Crippen molar-refractivity contribution < 1.29 is 0 Å². The van der Waals surface area contributed by atoms with Gasteiger partial charge in [-0.05, 0) is 19.3 Å². The zero-order chi connectivity index (χ0) is 7.40. The summed E-state index contributed by atoms with van der Waals surface area (Å²) in [4.78, 5) is 1.91. The molecule has 0 aliphatic carbocycles. The number of nitrogens with zero attached hydrogens (tertiary/aromatic N) is 1. The number of nitrogens with one attached hydrogen (secondary N) is 2. The molecule has 1 fully saturated rings. The molecule has 1 aliphatic rings. The fraction of sp³-hybridized carbons (Fsp3) is 0.714. The van der Waals surface area contributed by atoms with E-state index in [1.165, 1.54) is 25.4 Å². The first-order valence-electron chi connectivity index (χ1n) is 3.65. The molecule has 1 unspecified atom stereocenters. The van der Waals surface area contributed by atoms with Crippen LogP contribution in [-0.2, 0) is 0 Å². The number of likely N-dealkylation sites (tertiary alicyclic amines) is 1. The summed E-state index contributed by atoms with van der Waals surface area (Å²) in [6.07, 6.45) is 6.18. The van der Waals surface area contributed by atoms with E-state index in [9.17, 15) is 0 Å². The maximum absolute atomic E-state index is 7.06. The van der Waals surface area contributed by atoms with E-state index in [-0.39, 0.29) is 6.04 Å². The van der Waals surface area contributed by atoms with Crippen LogP contribution in [0.2, 0.25) is 0 Å². The molecule has 3 nitrogen and oxygen atoms in total. The number of piperidine rings is 1. The van der Waals surface area contributed by atoms with Crippen molar-refractivity contribution in [3.05, 3.63) is 0 Å². The highest BCUT2D eigenvalue weighted by Crippen LogP contribution is 2.12. The standard InChI is InChI=1S/C7H13N3/c8-5-7-3-1-2-4-10(7)6-9/h5-9H,1-4H2. The van der Waals surface area contributed by atoms with Crippen LogP contribution in [0.3, 0.4) is 0 Å². The molecule has 0 amide bonds. The van der Waals surface area contributed by atoms with Crippen LogP contribution in [-0.4, -0.2) is 30.0 Å². The summed E-state index contributed by atoms with van der Waals surface area (Å²) in [6, 6.07) is 0.200. The molecule has 0 aromatic carbocycles. The molecule has 0 bridgehead atoms. The second kappa shape index (κ2) is 3.34. The quantitative estimate of drug-likeness (QED) is 0.437. The van der Waals surface area contributed by atoms with E-state index < -0.39 is 0 Å². The van der Waals surface area contributed by atoms with Gasteiger partial charge in [-0.2, -0.15) is 0 Å². The van der Waals surface area contributed by atoms with Crippen LogP contribution in [0.25, 0.3) is 0 Å². The fourth-order valence-corrected chi connectivity index (χ4v) is 1.32. The third-order valence-electron chi connectivity index (χ3n) is 1.95. The molecule has 1 saturated heterocycles. The first kappa shape index (κ1) is 7.25. The first-order chi connectivity index (χ1) is 4.88. The Kier molecular flexibility index (Phi) is 2.42. The monoisotopic (exact) mass is 139 g/mol. The van der Waals surface area contributed by atoms with Crippen LogP contribution in [0.15, 0.2) is 0 Å². The molecule has 0 aromatic rings. The maximum atomic E-state index is 7.06. The second-order valence-corrected chi connectivity index (χ2v) is 2.60. The Morgan fingerprint density at radius 1 is 1.30 bits per heavy atom. The first-order valence-corrected chi connectivity index (χ1v) is 3.65. The Morgan fingerprint density at radius 2 is 2.10 bits per heavy atom. The molecular weight excluding hydrogens is 126 g/mol. The summed E-state index contributed by atoms with van der Waals surface area (Å²) in [5.41, 5.74) is 0. The third-order valence-corrected chi connectivity index (χ3v) is 1.95. The smallest absolute Gasteiger partial charge is 0.0822 e. The zero-order valence-electron chi connectivity index (χ0n) is 6.01. The third kappa shape index (κ3) is 1.35. The summed E-state index contributed by atoms with van der Waals surface area (Å²) < 4.78 is 0. The Balaban J connectivity index is 2.49. The van der Waals surface area contributed by atoms with Gasteiger partial charge in [-0.3, -0.25) is 5.41 Å². The van der Waals surface area contributed by atoms with Crippen LogP contribution in [0.4, 0.5) is 0 Å². The van der Waals surface area contributed by atoms with Gasteiger partial charge < -0.3 is 10.3 Å². The average Bonchev–Trinajstić information content (AvgIpc) is 2.04. The number of hydrogen-bond donors (Lipinski definition) is 2. The lowest BCUT2D eigenvalue weighted by Crippen LogP contribution is -2.38. The van der Waals surface area contributed by atoms with E-state index in [0.29, 0.717) is 0 Å². The Hall–Kier alpha value is -0.860. The van der Waals surface area contributed by atoms with Crippen molar-refractivity contribution in [2.45, 2.75) is 25.3 Å². The van der Waals surface area contributed by atoms with Crippen molar-refractivity contribution in [2.75, 3.05) is 6.54 Å². The van der Waals surface area contributed by atoms with Gasteiger partial charge in [0.1, 0.15) is 0 Å². The lowest BCUT2D eigenvalue weighted by atomic mass is 10.0. The topological polar surface area (TPSA) is 50.9 Å². The second-order valence-electron chi connectivity index (χ2n) is 2.60. The van der Waals surface area contributed by atoms with Gasteiger partial charge in [0, 0.05) is 12.8 Å². The summed E-state index contributed by atoms with van der Waals surface area (Å²) >= 11 is 0. The van der Waals surface area contributed by atoms with Crippen molar-refractivity contribution in [2.24, 2.45) is 0 Å². The maximum Gasteiger partial charge on any atom is 0.0822 e. The average molecular weight is 139 g/mol. The lowest BCUT2D eigenvalue weighted by Gasteiger charge is -2.30. The van der Waals surface area contributed by atoms with E-state index in [4.69, 9.17) is 10.8 Å². The Morgan fingerprint density at radius 3 is 2.60 bits per heavy atom. The van der Waals surface area contributed by atoms with E-state index in [2.05, 4.69) is 0 Å². The van der Waals surface area contributed by atoms with Gasteiger partial charge in [0.2, 0.25) is 0 Å². The molecule has 3 heteroatoms. The normalized spacial score (nSPS) is 26.0. The van der Waals surface area contributed by atoms with E-state index >= 15 is 0 Å². The van der Waals surface area contributed by atoms with Crippen LogP contribution in [0.5, 0.6) is 0 Å². The van der Waals surface area contributed by atoms with Crippen LogP contribution >= 0.6 is 0 Å². The molecule has 2 N–H and O–H groups in total. The molecule has 0 spiro atoms. The Bertz CT molecular complexity index is 117. The van der Waals surface area contributed by atoms with Gasteiger partial charge in [0.15, 0.2) is 0 Å². The van der Waals surface area contributed by atoms with Crippen molar-refractivity contribution >= 4 is 12.6 Å². The summed E-state index contributed by atoms with van der Waals surface area (Å²) in [5, 5.41) is 14.1. The van der Waals surface area contributed by atoms with Gasteiger partial charge in [-0.25, -0.2) is 0 Å². The Labute approximate surface area is 61.1 Å². The summed E-state index contributed by atoms with van der Waals surface area (Å²) in [6.45, 7) is 0.948. The lowest BCUT2D eigenvalue weighted by molar-refractivity contribution is 0.307. The minimum absolute atomic E-state index is 0.200. The minimum Gasteiger partial charge on any atom is -0.355 e. The largest absolute Gasteiger partial charge is 0.355 e. The van der Waals surface area contributed by atoms with Crippen molar-refractivity contribution in [3.8, 4) is 0 Å². The molecule has 0 radical (unpaired) electrons. The van der Waals surface area contributed by atoms with Gasteiger partial charge >= 0.3 is 0 Å². The van der Waals surface area contributed by atoms with Crippen LogP contribution < -0.4 is 0 Å². The molecular formula is C7H13N3. The van der Waals surface area contributed by atoms with Crippen molar-refractivity contribution in [1.82, 2.24) is 4.90 Å². The van der Waals surface area contributed by atoms with Crippen LogP contribution in [0, 0.1) is 10.8 Å². The zero-order valence-corrected chi connectivity index (χ0v) is 6.01. The van der Waals surface area contributed by atoms with E-state index in [1.807, 2.05) is 4.90 Å². The fourth-order valence-electron chi connectivity index (χ4n) is 1.32. The molecule has 1 rings (SSSR count). The van der Waals surface area contributed by atoms with Crippen molar-refractivity contribution in [3.63, 3.8) is 0 Å². The molecule has 1 heterocycles. The minimum atomic E-state index is 0.200. The molecule has 56 valence electrons. The molecule has 10 heavy (non-hydrogen) atoms. The predicted molar refractivity (Wildman–Crippen MR) is 41.9 cm³/mol. The molecule has 1 aliphatic heterocycles. The molecule has 1 atom stereocenters. The molecule has 0 saturated carbocycles. The van der Waals surface area contributed by atoms with Gasteiger partial charge in [0.25, 0.3) is 0 Å². The summed E-state index contributed by atoms with van der Waals surface area (Å²) in [5.74, 6) is 0. The van der Waals surface area contributed by atoms with Gasteiger partial charge in [-0.15, -0.1) is 0 Å². The summed E-state index contributed by atoms with van der Waals surface area (Å²) in [7, 11) is 0. The van der Waals surface area contributed by atoms with E-state index in [0.717, 1.165) is 13.0 Å². The number of hydrogen-bond acceptors (Lipinski definition) is 2. The van der Waals surface area contributed by atoms with Crippen LogP contribution in [0.1, 0.15) is 19.3 Å². The highest BCUT2D eigenvalue weighted by atomic mass is 15.2. The van der Waals surface area contributed by atoms with Crippen molar-refractivity contribution in [1.29, 1.82) is 10.8 Å². The van der Waals surface area contributed by atoms with Gasteiger partial charge in [0.05, 0.1) is 12.4 Å². The van der Waals surface area contributed by atoms with Gasteiger partial charge in [-0.1, -0.05) is 0 Å². The molecule has 0 aromatic heterocycles. The SMILES string of the molecule is N=CC1CCCCN1C=N. The van der Waals surface area contributed by atoms with E-state index in [1.54, 1.807) is 0 Å².